The summed E-state index contributed by atoms with van der Waals surface area (Å²) < 4.78 is 5.24. The van der Waals surface area contributed by atoms with Crippen molar-refractivity contribution >= 4 is 17.6 Å². The highest BCUT2D eigenvalue weighted by Gasteiger charge is 2.47. The molecule has 1 atom stereocenters. The third-order valence-corrected chi connectivity index (χ3v) is 2.54. The van der Waals surface area contributed by atoms with Gasteiger partial charge in [0.15, 0.2) is 0 Å². The van der Waals surface area contributed by atoms with Gasteiger partial charge in [-0.05, 0) is 31.5 Å². The van der Waals surface area contributed by atoms with E-state index in [-0.39, 0.29) is 0 Å². The first kappa shape index (κ1) is 10.5. The lowest BCUT2D eigenvalue weighted by Gasteiger charge is -2.31. The number of hydrogen-bond acceptors (Lipinski definition) is 3. The number of benzene rings is 1. The van der Waals surface area contributed by atoms with E-state index >= 15 is 0 Å². The van der Waals surface area contributed by atoms with E-state index in [1.807, 2.05) is 6.92 Å². The predicted molar refractivity (Wildman–Crippen MR) is 56.5 cm³/mol. The molecule has 0 spiro atoms. The number of nitrogens with one attached hydrogen (secondary N) is 1. The second kappa shape index (κ2) is 3.23. The quantitative estimate of drug-likeness (QED) is 0.698. The highest BCUT2D eigenvalue weighted by Crippen LogP contribution is 2.34. The molecule has 1 aromatic carbocycles. The van der Waals surface area contributed by atoms with E-state index in [0.717, 1.165) is 5.56 Å². The molecule has 5 heteroatoms. The molecule has 0 aliphatic carbocycles. The fourth-order valence-corrected chi connectivity index (χ4v) is 1.48. The Morgan fingerprint density at radius 1 is 1.50 bits per heavy atom. The maximum atomic E-state index is 11.6. The van der Waals surface area contributed by atoms with Crippen molar-refractivity contribution in [2.24, 2.45) is 0 Å². The van der Waals surface area contributed by atoms with Gasteiger partial charge in [0.25, 0.3) is 11.5 Å². The van der Waals surface area contributed by atoms with E-state index in [1.165, 1.54) is 6.92 Å². The zero-order valence-corrected chi connectivity index (χ0v) is 8.90. The summed E-state index contributed by atoms with van der Waals surface area (Å²) >= 11 is 0. The number of carboxylic acids is 1. The van der Waals surface area contributed by atoms with Gasteiger partial charge >= 0.3 is 5.97 Å². The molecular formula is C11H11NO4. The van der Waals surface area contributed by atoms with Crippen molar-refractivity contribution in [1.82, 2.24) is 0 Å². The molecule has 1 aromatic rings. The Labute approximate surface area is 92.0 Å². The Bertz CT molecular complexity index is 483. The first-order chi connectivity index (χ1) is 7.43. The number of carbonyl (C=O) groups excluding carboxylic acids is 1. The lowest BCUT2D eigenvalue weighted by Crippen LogP contribution is -2.54. The van der Waals surface area contributed by atoms with Crippen molar-refractivity contribution in [3.8, 4) is 5.75 Å². The molecule has 5 nitrogen and oxygen atoms in total. The largest absolute Gasteiger partial charge is 0.478 e. The van der Waals surface area contributed by atoms with Gasteiger partial charge in [-0.1, -0.05) is 6.07 Å². The molecule has 0 saturated heterocycles. The zero-order chi connectivity index (χ0) is 11.9. The van der Waals surface area contributed by atoms with Gasteiger partial charge in [-0.15, -0.1) is 0 Å². The van der Waals surface area contributed by atoms with Gasteiger partial charge in [-0.3, -0.25) is 4.79 Å². The Morgan fingerprint density at radius 3 is 2.81 bits per heavy atom. The van der Waals surface area contributed by atoms with Crippen molar-refractivity contribution in [1.29, 1.82) is 0 Å². The van der Waals surface area contributed by atoms with Gasteiger partial charge < -0.3 is 15.2 Å². The SMILES string of the molecule is Cc1ccc2c(c1)NC(=O)[C@](C)(C(=O)O)O2. The maximum absolute atomic E-state index is 11.6. The van der Waals surface area contributed by atoms with E-state index < -0.39 is 17.5 Å². The molecule has 0 unspecified atom stereocenters. The summed E-state index contributed by atoms with van der Waals surface area (Å²) in [5.74, 6) is -1.61. The zero-order valence-electron chi connectivity index (χ0n) is 8.90. The maximum Gasteiger partial charge on any atom is 0.357 e. The Balaban J connectivity index is 2.47. The first-order valence-corrected chi connectivity index (χ1v) is 4.78. The van der Waals surface area contributed by atoms with Crippen molar-refractivity contribution in [3.63, 3.8) is 0 Å². The van der Waals surface area contributed by atoms with Crippen molar-refractivity contribution in [2.75, 3.05) is 5.32 Å². The van der Waals surface area contributed by atoms with Crippen molar-refractivity contribution in [3.05, 3.63) is 23.8 Å². The van der Waals surface area contributed by atoms with Gasteiger partial charge in [-0.25, -0.2) is 4.79 Å². The van der Waals surface area contributed by atoms with E-state index in [0.29, 0.717) is 11.4 Å². The van der Waals surface area contributed by atoms with Crippen molar-refractivity contribution in [2.45, 2.75) is 19.4 Å². The Kier molecular flexibility index (Phi) is 2.11. The lowest BCUT2D eigenvalue weighted by atomic mass is 10.0. The summed E-state index contributed by atoms with van der Waals surface area (Å²) in [5, 5.41) is 11.5. The summed E-state index contributed by atoms with van der Waals surface area (Å²) in [5.41, 5.74) is -0.396. The molecule has 1 heterocycles. The van der Waals surface area contributed by atoms with Gasteiger partial charge in [-0.2, -0.15) is 0 Å². The van der Waals surface area contributed by atoms with Crippen LogP contribution in [0.4, 0.5) is 5.69 Å². The van der Waals surface area contributed by atoms with E-state index in [9.17, 15) is 9.59 Å². The van der Waals surface area contributed by atoms with Gasteiger partial charge in [0.05, 0.1) is 5.69 Å². The summed E-state index contributed by atoms with van der Waals surface area (Å²) in [6, 6.07) is 5.17. The summed E-state index contributed by atoms with van der Waals surface area (Å²) in [4.78, 5) is 22.6. The average Bonchev–Trinajstić information content (AvgIpc) is 2.20. The fraction of sp³-hybridized carbons (Fsp3) is 0.273. The molecule has 84 valence electrons. The van der Waals surface area contributed by atoms with Crippen LogP contribution in [0.5, 0.6) is 5.75 Å². The molecule has 0 bridgehead atoms. The topological polar surface area (TPSA) is 75.6 Å². The highest BCUT2D eigenvalue weighted by molar-refractivity contribution is 6.13. The van der Waals surface area contributed by atoms with Gasteiger partial charge in [0.2, 0.25) is 0 Å². The number of carbonyl (C=O) groups is 2. The van der Waals surface area contributed by atoms with Gasteiger partial charge in [0, 0.05) is 0 Å². The number of hydrogen-bond donors (Lipinski definition) is 2. The molecule has 0 fully saturated rings. The molecule has 1 amide bonds. The lowest BCUT2D eigenvalue weighted by molar-refractivity contribution is -0.159. The second-order valence-electron chi connectivity index (χ2n) is 3.89. The van der Waals surface area contributed by atoms with Crippen molar-refractivity contribution < 1.29 is 19.4 Å². The number of ether oxygens (including phenoxy) is 1. The smallest absolute Gasteiger partial charge is 0.357 e. The third-order valence-electron chi connectivity index (χ3n) is 2.54. The number of fused-ring (bicyclic) bond motifs is 1. The standard InChI is InChI=1S/C11H11NO4/c1-6-3-4-8-7(5-6)12-9(13)11(2,16-8)10(14)15/h3-5H,1-2H3,(H,12,13)(H,14,15)/t11-/m1/s1. The van der Waals surface area contributed by atoms with Crippen LogP contribution < -0.4 is 10.1 Å². The van der Waals surface area contributed by atoms with Crippen LogP contribution in [0.1, 0.15) is 12.5 Å². The molecule has 0 radical (unpaired) electrons. The summed E-state index contributed by atoms with van der Waals surface area (Å²) in [6.45, 7) is 3.10. The number of carboxylic acid groups (broad SMARTS) is 1. The number of amides is 1. The summed E-state index contributed by atoms with van der Waals surface area (Å²) in [6.07, 6.45) is 0. The highest BCUT2D eigenvalue weighted by atomic mass is 16.5. The normalized spacial score (nSPS) is 23.0. The third kappa shape index (κ3) is 1.41. The Hall–Kier alpha value is -2.04. The Morgan fingerprint density at radius 2 is 2.19 bits per heavy atom. The molecule has 2 rings (SSSR count). The first-order valence-electron chi connectivity index (χ1n) is 4.78. The predicted octanol–water partition coefficient (Wildman–Crippen LogP) is 1.17. The molecule has 0 saturated carbocycles. The minimum absolute atomic E-state index is 0.370. The van der Waals surface area contributed by atoms with Crippen LogP contribution in [0.2, 0.25) is 0 Å². The monoisotopic (exact) mass is 221 g/mol. The summed E-state index contributed by atoms with van der Waals surface area (Å²) in [7, 11) is 0. The minimum Gasteiger partial charge on any atom is -0.478 e. The minimum atomic E-state index is -1.86. The van der Waals surface area contributed by atoms with E-state index in [2.05, 4.69) is 5.32 Å². The molecule has 16 heavy (non-hydrogen) atoms. The van der Waals surface area contributed by atoms with Crippen LogP contribution in [0.15, 0.2) is 18.2 Å². The molecule has 2 N–H and O–H groups in total. The number of rotatable bonds is 1. The van der Waals surface area contributed by atoms with E-state index in [4.69, 9.17) is 9.84 Å². The van der Waals surface area contributed by atoms with Crippen LogP contribution in [0, 0.1) is 6.92 Å². The van der Waals surface area contributed by atoms with Gasteiger partial charge in [0.1, 0.15) is 5.75 Å². The molecule has 0 aromatic heterocycles. The number of anilines is 1. The van der Waals surface area contributed by atoms with Crippen LogP contribution >= 0.6 is 0 Å². The van der Waals surface area contributed by atoms with Crippen LogP contribution in [0.3, 0.4) is 0 Å². The van der Waals surface area contributed by atoms with Crippen LogP contribution in [-0.4, -0.2) is 22.6 Å². The molecule has 1 aliphatic rings. The average molecular weight is 221 g/mol. The molecule has 1 aliphatic heterocycles. The number of aryl methyl sites for hydroxylation is 1. The second-order valence-corrected chi connectivity index (χ2v) is 3.89. The fourth-order valence-electron chi connectivity index (χ4n) is 1.48. The van der Waals surface area contributed by atoms with E-state index in [1.54, 1.807) is 18.2 Å². The van der Waals surface area contributed by atoms with Crippen LogP contribution in [-0.2, 0) is 9.59 Å². The number of aliphatic carboxylic acids is 1. The molecular weight excluding hydrogens is 210 g/mol. The van der Waals surface area contributed by atoms with Crippen LogP contribution in [0.25, 0.3) is 0 Å².